The number of nitrogens with one attached hydrogen (secondary N) is 4. The van der Waals surface area contributed by atoms with Gasteiger partial charge in [-0.15, -0.1) is 0 Å². The smallest absolute Gasteiger partial charge is 0.251 e. The molecule has 1 aliphatic heterocycles. The summed E-state index contributed by atoms with van der Waals surface area (Å²) in [7, 11) is 0. The lowest BCUT2D eigenvalue weighted by Crippen LogP contribution is -2.42. The summed E-state index contributed by atoms with van der Waals surface area (Å²) in [4.78, 5) is 23.4. The summed E-state index contributed by atoms with van der Waals surface area (Å²) in [5.41, 5.74) is 0.643. The molecule has 6 heteroatoms. The van der Waals surface area contributed by atoms with E-state index in [1.807, 2.05) is 18.2 Å². The minimum atomic E-state index is -0.0983. The number of carbonyl (C=O) groups is 2. The molecule has 6 nitrogen and oxygen atoms in total. The molecule has 2 amide bonds. The fraction of sp³-hybridized carbons (Fsp3) is 0.467. The van der Waals surface area contributed by atoms with Crippen molar-refractivity contribution >= 4 is 11.8 Å². The van der Waals surface area contributed by atoms with Gasteiger partial charge in [0.15, 0.2) is 0 Å². The van der Waals surface area contributed by atoms with Crippen LogP contribution in [0, 0.1) is 0 Å². The van der Waals surface area contributed by atoms with E-state index in [2.05, 4.69) is 21.3 Å². The van der Waals surface area contributed by atoms with Crippen LogP contribution in [-0.2, 0) is 4.79 Å². The lowest BCUT2D eigenvalue weighted by atomic mass is 10.2. The molecule has 0 saturated carbocycles. The van der Waals surface area contributed by atoms with Crippen LogP contribution in [0.4, 0.5) is 0 Å². The van der Waals surface area contributed by atoms with Crippen molar-refractivity contribution in [1.82, 2.24) is 21.3 Å². The molecular formula is C15H22N4O2. The van der Waals surface area contributed by atoms with Crippen LogP contribution in [-0.4, -0.2) is 50.6 Å². The van der Waals surface area contributed by atoms with Crippen LogP contribution in [0.5, 0.6) is 0 Å². The summed E-state index contributed by atoms with van der Waals surface area (Å²) in [6.07, 6.45) is 0.985. The highest BCUT2D eigenvalue weighted by Crippen LogP contribution is 1.97. The van der Waals surface area contributed by atoms with Crippen LogP contribution < -0.4 is 21.3 Å². The van der Waals surface area contributed by atoms with E-state index < -0.39 is 0 Å². The Morgan fingerprint density at radius 3 is 2.71 bits per heavy atom. The molecule has 1 aromatic rings. The maximum absolute atomic E-state index is 11.7. The van der Waals surface area contributed by atoms with E-state index in [-0.39, 0.29) is 24.4 Å². The molecule has 2 rings (SSSR count). The summed E-state index contributed by atoms with van der Waals surface area (Å²) < 4.78 is 0. The fourth-order valence-electron chi connectivity index (χ4n) is 2.21. The quantitative estimate of drug-likeness (QED) is 0.510. The monoisotopic (exact) mass is 290 g/mol. The van der Waals surface area contributed by atoms with E-state index in [0.29, 0.717) is 18.7 Å². The first-order chi connectivity index (χ1) is 10.3. The van der Waals surface area contributed by atoms with Crippen molar-refractivity contribution in [3.63, 3.8) is 0 Å². The molecule has 0 radical (unpaired) electrons. The Kier molecular flexibility index (Phi) is 6.18. The third-order valence-electron chi connectivity index (χ3n) is 3.33. The molecule has 1 saturated heterocycles. The van der Waals surface area contributed by atoms with Crippen molar-refractivity contribution in [3.05, 3.63) is 35.9 Å². The molecule has 1 aliphatic rings. The van der Waals surface area contributed by atoms with E-state index in [0.717, 1.165) is 19.5 Å². The normalized spacial score (nSPS) is 17.4. The highest BCUT2D eigenvalue weighted by molar-refractivity contribution is 5.94. The van der Waals surface area contributed by atoms with Crippen molar-refractivity contribution in [2.75, 3.05) is 32.7 Å². The molecule has 1 heterocycles. The predicted octanol–water partition coefficient (Wildman–Crippen LogP) is -0.516. The maximum atomic E-state index is 11.7. The van der Waals surface area contributed by atoms with Crippen LogP contribution >= 0.6 is 0 Å². The molecule has 0 spiro atoms. The number of benzene rings is 1. The molecule has 0 aliphatic carbocycles. The minimum absolute atomic E-state index is 0.00177. The lowest BCUT2D eigenvalue weighted by molar-refractivity contribution is -0.120. The van der Waals surface area contributed by atoms with Crippen molar-refractivity contribution in [2.24, 2.45) is 0 Å². The summed E-state index contributed by atoms with van der Waals surface area (Å²) in [6, 6.07) is 9.32. The molecule has 114 valence electrons. The van der Waals surface area contributed by atoms with Gasteiger partial charge in [-0.3, -0.25) is 9.59 Å². The molecule has 1 fully saturated rings. The highest BCUT2D eigenvalue weighted by atomic mass is 16.2. The Morgan fingerprint density at radius 1 is 1.19 bits per heavy atom. The summed E-state index contributed by atoms with van der Waals surface area (Å²) in [6.45, 7) is 3.14. The molecule has 4 N–H and O–H groups in total. The second-order valence-corrected chi connectivity index (χ2v) is 5.06. The van der Waals surface area contributed by atoms with Gasteiger partial charge in [-0.25, -0.2) is 0 Å². The molecular weight excluding hydrogens is 268 g/mol. The number of rotatable bonds is 7. The van der Waals surface area contributed by atoms with Gasteiger partial charge < -0.3 is 21.3 Å². The van der Waals surface area contributed by atoms with E-state index in [1.165, 1.54) is 0 Å². The van der Waals surface area contributed by atoms with E-state index in [9.17, 15) is 9.59 Å². The molecule has 1 unspecified atom stereocenters. The lowest BCUT2D eigenvalue weighted by Gasteiger charge is -2.12. The first-order valence-corrected chi connectivity index (χ1v) is 7.30. The van der Waals surface area contributed by atoms with Gasteiger partial charge in [-0.1, -0.05) is 18.2 Å². The Balaban J connectivity index is 1.53. The van der Waals surface area contributed by atoms with Crippen LogP contribution in [0.3, 0.4) is 0 Å². The van der Waals surface area contributed by atoms with E-state index in [4.69, 9.17) is 0 Å². The second kappa shape index (κ2) is 8.39. The van der Waals surface area contributed by atoms with E-state index in [1.54, 1.807) is 12.1 Å². The number of amides is 2. The number of hydrogen-bond donors (Lipinski definition) is 4. The number of carbonyl (C=O) groups excluding carboxylic acids is 2. The Hall–Kier alpha value is -1.92. The molecule has 1 atom stereocenters. The zero-order valence-electron chi connectivity index (χ0n) is 12.0. The Bertz CT molecular complexity index is 458. The molecule has 0 bridgehead atoms. The molecule has 1 aromatic carbocycles. The third kappa shape index (κ3) is 5.53. The van der Waals surface area contributed by atoms with Gasteiger partial charge >= 0.3 is 0 Å². The summed E-state index contributed by atoms with van der Waals surface area (Å²) in [5, 5.41) is 12.0. The highest BCUT2D eigenvalue weighted by Gasteiger charge is 2.15. The standard InChI is InChI=1S/C15H22N4O2/c20-14(19-13-6-7-16-10-13)11-17-8-9-18-15(21)12-4-2-1-3-5-12/h1-5,13,16-17H,6-11H2,(H,18,21)(H,19,20). The minimum Gasteiger partial charge on any atom is -0.351 e. The first kappa shape index (κ1) is 15.5. The van der Waals surface area contributed by atoms with Gasteiger partial charge in [0.25, 0.3) is 5.91 Å². The predicted molar refractivity (Wildman–Crippen MR) is 81.1 cm³/mol. The van der Waals surface area contributed by atoms with Crippen LogP contribution in [0.25, 0.3) is 0 Å². The third-order valence-corrected chi connectivity index (χ3v) is 3.33. The fourth-order valence-corrected chi connectivity index (χ4v) is 2.21. The molecule has 0 aromatic heterocycles. The largest absolute Gasteiger partial charge is 0.351 e. The second-order valence-electron chi connectivity index (χ2n) is 5.06. The summed E-state index contributed by atoms with van der Waals surface area (Å²) in [5.74, 6) is -0.100. The van der Waals surface area contributed by atoms with Crippen molar-refractivity contribution in [2.45, 2.75) is 12.5 Å². The first-order valence-electron chi connectivity index (χ1n) is 7.30. The maximum Gasteiger partial charge on any atom is 0.251 e. The van der Waals surface area contributed by atoms with E-state index >= 15 is 0 Å². The van der Waals surface area contributed by atoms with Crippen LogP contribution in [0.2, 0.25) is 0 Å². The van der Waals surface area contributed by atoms with Gasteiger partial charge in [0, 0.05) is 31.2 Å². The zero-order chi connectivity index (χ0) is 14.9. The van der Waals surface area contributed by atoms with Crippen LogP contribution in [0.15, 0.2) is 30.3 Å². The summed E-state index contributed by atoms with van der Waals surface area (Å²) >= 11 is 0. The van der Waals surface area contributed by atoms with Gasteiger partial charge in [0.1, 0.15) is 0 Å². The van der Waals surface area contributed by atoms with Gasteiger partial charge in [-0.05, 0) is 25.1 Å². The topological polar surface area (TPSA) is 82.3 Å². The molecule has 21 heavy (non-hydrogen) atoms. The Morgan fingerprint density at radius 2 is 2.00 bits per heavy atom. The van der Waals surface area contributed by atoms with Gasteiger partial charge in [0.2, 0.25) is 5.91 Å². The Labute approximate surface area is 124 Å². The van der Waals surface area contributed by atoms with Crippen LogP contribution in [0.1, 0.15) is 16.8 Å². The number of hydrogen-bond acceptors (Lipinski definition) is 4. The van der Waals surface area contributed by atoms with Crippen molar-refractivity contribution < 1.29 is 9.59 Å². The SMILES string of the molecule is O=C(CNCCNC(=O)c1ccccc1)NC1CCNC1. The average Bonchev–Trinajstić information content (AvgIpc) is 3.00. The van der Waals surface area contributed by atoms with Gasteiger partial charge in [-0.2, -0.15) is 0 Å². The average molecular weight is 290 g/mol. The zero-order valence-corrected chi connectivity index (χ0v) is 12.0. The van der Waals surface area contributed by atoms with Crippen molar-refractivity contribution in [3.8, 4) is 0 Å². The van der Waals surface area contributed by atoms with Gasteiger partial charge in [0.05, 0.1) is 6.54 Å². The van der Waals surface area contributed by atoms with Crippen molar-refractivity contribution in [1.29, 1.82) is 0 Å².